The van der Waals surface area contributed by atoms with Crippen LogP contribution in [0.15, 0.2) is 51.6 Å². The van der Waals surface area contributed by atoms with E-state index in [1.807, 2.05) is 6.07 Å². The molecular formula is C24H29NO6. The van der Waals surface area contributed by atoms with Gasteiger partial charge in [-0.3, -0.25) is 9.59 Å². The number of hydrogen-bond donors (Lipinski definition) is 2. The molecule has 2 heterocycles. The zero-order valence-electron chi connectivity index (χ0n) is 17.5. The topological polar surface area (TPSA) is 98.0 Å². The molecule has 1 aliphatic heterocycles. The van der Waals surface area contributed by atoms with Crippen molar-refractivity contribution >= 4 is 16.9 Å². The third-order valence-electron chi connectivity index (χ3n) is 5.93. The minimum atomic E-state index is -0.649. The molecule has 0 spiro atoms. The highest BCUT2D eigenvalue weighted by Gasteiger charge is 2.31. The number of ether oxygens (including phenoxy) is 2. The number of hydrogen-bond acceptors (Lipinski definition) is 6. The summed E-state index contributed by atoms with van der Waals surface area (Å²) in [6.45, 7) is 0.506. The van der Waals surface area contributed by atoms with Crippen molar-refractivity contribution in [1.82, 2.24) is 5.32 Å². The summed E-state index contributed by atoms with van der Waals surface area (Å²) in [5, 5.41) is 12.5. The van der Waals surface area contributed by atoms with Crippen LogP contribution in [0.25, 0.3) is 11.0 Å². The van der Waals surface area contributed by atoms with Crippen LogP contribution in [0.1, 0.15) is 56.4 Å². The number of nitrogens with one attached hydrogen (secondary N) is 1. The van der Waals surface area contributed by atoms with Crippen molar-refractivity contribution in [2.24, 2.45) is 0 Å². The van der Waals surface area contributed by atoms with Gasteiger partial charge in [0.25, 0.3) is 5.91 Å². The molecule has 1 aliphatic carbocycles. The number of carbonyl (C=O) groups is 1. The van der Waals surface area contributed by atoms with Gasteiger partial charge in [-0.25, -0.2) is 0 Å². The van der Waals surface area contributed by atoms with Gasteiger partial charge in [0.2, 0.25) is 6.29 Å². The molecule has 1 aromatic heterocycles. The molecule has 0 radical (unpaired) electrons. The van der Waals surface area contributed by atoms with Gasteiger partial charge in [-0.15, -0.1) is 0 Å². The number of fused-ring (bicyclic) bond motifs is 1. The van der Waals surface area contributed by atoms with E-state index in [0.29, 0.717) is 42.4 Å². The number of rotatable bonds is 8. The van der Waals surface area contributed by atoms with Crippen LogP contribution in [0, 0.1) is 0 Å². The Kier molecular flexibility index (Phi) is 7.04. The predicted octanol–water partition coefficient (Wildman–Crippen LogP) is 3.35. The molecular weight excluding hydrogens is 398 g/mol. The van der Waals surface area contributed by atoms with Crippen LogP contribution in [0.4, 0.5) is 0 Å². The van der Waals surface area contributed by atoms with E-state index in [0.717, 1.165) is 25.7 Å². The van der Waals surface area contributed by atoms with E-state index in [-0.39, 0.29) is 35.7 Å². The van der Waals surface area contributed by atoms with E-state index in [2.05, 4.69) is 5.32 Å². The lowest BCUT2D eigenvalue weighted by molar-refractivity contribution is -0.147. The van der Waals surface area contributed by atoms with Gasteiger partial charge in [0, 0.05) is 30.6 Å². The van der Waals surface area contributed by atoms with Gasteiger partial charge in [0.15, 0.2) is 11.2 Å². The summed E-state index contributed by atoms with van der Waals surface area (Å²) in [5.41, 5.74) is 0.903. The van der Waals surface area contributed by atoms with E-state index in [1.54, 1.807) is 24.3 Å². The fourth-order valence-corrected chi connectivity index (χ4v) is 4.24. The SMILES string of the molecule is O=C(NC1CCCC1)C1=C[C@H](c2coc3ccccc3c2=O)C[C@H](OCCCCO)O1. The van der Waals surface area contributed by atoms with Crippen molar-refractivity contribution in [3.8, 4) is 0 Å². The number of benzene rings is 1. The first-order valence-corrected chi connectivity index (χ1v) is 11.1. The Bertz CT molecular complexity index is 991. The zero-order valence-corrected chi connectivity index (χ0v) is 17.5. The third kappa shape index (κ3) is 5.17. The number of carbonyl (C=O) groups excluding carboxylic acids is 1. The molecule has 7 heteroatoms. The van der Waals surface area contributed by atoms with Crippen LogP contribution in [0.2, 0.25) is 0 Å². The smallest absolute Gasteiger partial charge is 0.286 e. The van der Waals surface area contributed by atoms with Crippen LogP contribution in [0.5, 0.6) is 0 Å². The maximum Gasteiger partial charge on any atom is 0.286 e. The molecule has 2 aromatic rings. The van der Waals surface area contributed by atoms with Crippen molar-refractivity contribution < 1.29 is 23.8 Å². The first-order valence-electron chi connectivity index (χ1n) is 11.1. The molecule has 2 atom stereocenters. The van der Waals surface area contributed by atoms with Gasteiger partial charge < -0.3 is 24.3 Å². The van der Waals surface area contributed by atoms with E-state index in [4.69, 9.17) is 19.0 Å². The highest BCUT2D eigenvalue weighted by molar-refractivity contribution is 5.92. The second-order valence-electron chi connectivity index (χ2n) is 8.19. The highest BCUT2D eigenvalue weighted by Crippen LogP contribution is 2.31. The van der Waals surface area contributed by atoms with Crippen LogP contribution in [0.3, 0.4) is 0 Å². The monoisotopic (exact) mass is 427 g/mol. The van der Waals surface area contributed by atoms with E-state index >= 15 is 0 Å². The van der Waals surface area contributed by atoms with E-state index in [9.17, 15) is 9.59 Å². The van der Waals surface area contributed by atoms with Crippen molar-refractivity contribution in [3.05, 3.63) is 58.2 Å². The number of unbranched alkanes of at least 4 members (excludes halogenated alkanes) is 1. The standard InChI is InChI=1S/C24H29NO6/c26-11-5-6-12-29-22-14-16(13-21(31-22)24(28)25-17-7-1-2-8-17)19-15-30-20-10-4-3-9-18(20)23(19)27/h3-4,9-10,13,15-17,22,26H,1-2,5-8,11-12,14H2,(H,25,28)/t16-,22+/m0/s1. The van der Waals surface area contributed by atoms with E-state index in [1.165, 1.54) is 6.26 Å². The van der Waals surface area contributed by atoms with Gasteiger partial charge in [-0.05, 0) is 43.9 Å². The Labute approximate surface area is 181 Å². The van der Waals surface area contributed by atoms with Gasteiger partial charge in [-0.1, -0.05) is 25.0 Å². The average Bonchev–Trinajstić information content (AvgIpc) is 3.30. The number of para-hydroxylation sites is 1. The molecule has 0 unspecified atom stereocenters. The number of aliphatic hydroxyl groups is 1. The first-order chi connectivity index (χ1) is 15.2. The van der Waals surface area contributed by atoms with Crippen molar-refractivity contribution in [2.45, 2.75) is 63.2 Å². The van der Waals surface area contributed by atoms with Gasteiger partial charge in [0.1, 0.15) is 5.58 Å². The number of amides is 1. The second kappa shape index (κ2) is 10.1. The Morgan fingerprint density at radius 2 is 2.00 bits per heavy atom. The summed E-state index contributed by atoms with van der Waals surface area (Å²) < 4.78 is 17.4. The summed E-state index contributed by atoms with van der Waals surface area (Å²) in [5.74, 6) is -0.449. The quantitative estimate of drug-likeness (QED) is 0.627. The van der Waals surface area contributed by atoms with Gasteiger partial charge in [0.05, 0.1) is 18.3 Å². The molecule has 4 rings (SSSR count). The van der Waals surface area contributed by atoms with Crippen LogP contribution < -0.4 is 10.7 Å². The molecule has 31 heavy (non-hydrogen) atoms. The van der Waals surface area contributed by atoms with Crippen molar-refractivity contribution in [1.29, 1.82) is 0 Å². The Hall–Kier alpha value is -2.64. The predicted molar refractivity (Wildman–Crippen MR) is 115 cm³/mol. The normalized spacial score (nSPS) is 21.6. The summed E-state index contributed by atoms with van der Waals surface area (Å²) in [7, 11) is 0. The molecule has 1 aromatic carbocycles. The molecule has 0 saturated heterocycles. The lowest BCUT2D eigenvalue weighted by atomic mass is 9.93. The molecule has 7 nitrogen and oxygen atoms in total. The van der Waals surface area contributed by atoms with Gasteiger partial charge in [-0.2, -0.15) is 0 Å². The fraction of sp³-hybridized carbons (Fsp3) is 0.500. The van der Waals surface area contributed by atoms with Gasteiger partial charge >= 0.3 is 0 Å². The van der Waals surface area contributed by atoms with Crippen LogP contribution in [-0.2, 0) is 14.3 Å². The highest BCUT2D eigenvalue weighted by atomic mass is 16.7. The maximum atomic E-state index is 13.1. The summed E-state index contributed by atoms with van der Waals surface area (Å²) >= 11 is 0. The van der Waals surface area contributed by atoms with Crippen LogP contribution >= 0.6 is 0 Å². The molecule has 1 saturated carbocycles. The first kappa shape index (κ1) is 21.6. The number of aliphatic hydroxyl groups excluding tert-OH is 1. The number of allylic oxidation sites excluding steroid dienone is 1. The summed E-state index contributed by atoms with van der Waals surface area (Å²) in [6, 6.07) is 7.28. The molecule has 2 aliphatic rings. The van der Waals surface area contributed by atoms with Crippen molar-refractivity contribution in [3.63, 3.8) is 0 Å². The Morgan fingerprint density at radius 1 is 1.19 bits per heavy atom. The molecule has 166 valence electrons. The minimum absolute atomic E-state index is 0.102. The lowest BCUT2D eigenvalue weighted by Crippen LogP contribution is -2.37. The second-order valence-corrected chi connectivity index (χ2v) is 8.19. The van der Waals surface area contributed by atoms with Crippen LogP contribution in [-0.4, -0.2) is 36.6 Å². The third-order valence-corrected chi connectivity index (χ3v) is 5.93. The minimum Gasteiger partial charge on any atom is -0.464 e. The molecule has 1 fully saturated rings. The van der Waals surface area contributed by atoms with E-state index < -0.39 is 6.29 Å². The molecule has 1 amide bonds. The fourth-order valence-electron chi connectivity index (χ4n) is 4.24. The summed E-state index contributed by atoms with van der Waals surface area (Å²) in [4.78, 5) is 25.9. The largest absolute Gasteiger partial charge is 0.464 e. The Morgan fingerprint density at radius 3 is 2.81 bits per heavy atom. The lowest BCUT2D eigenvalue weighted by Gasteiger charge is -2.29. The molecule has 0 bridgehead atoms. The average molecular weight is 427 g/mol. The molecule has 2 N–H and O–H groups in total. The zero-order chi connectivity index (χ0) is 21.6. The van der Waals surface area contributed by atoms with Crippen molar-refractivity contribution in [2.75, 3.05) is 13.2 Å². The summed E-state index contributed by atoms with van der Waals surface area (Å²) in [6.07, 6.45) is 8.43. The Balaban J connectivity index is 1.58. The maximum absolute atomic E-state index is 13.1.